The highest BCUT2D eigenvalue weighted by atomic mass is 16.5. The molecule has 0 spiro atoms. The summed E-state index contributed by atoms with van der Waals surface area (Å²) in [4.78, 5) is 18.8. The molecule has 130 heavy (non-hydrogen) atoms. The summed E-state index contributed by atoms with van der Waals surface area (Å²) in [6, 6.07) is 26.4. The van der Waals surface area contributed by atoms with E-state index in [0.717, 1.165) is 223 Å². The zero-order valence-corrected chi connectivity index (χ0v) is 80.9. The second-order valence-electron chi connectivity index (χ2n) is 34.1. The Morgan fingerprint density at radius 2 is 0.523 bits per heavy atom. The van der Waals surface area contributed by atoms with Gasteiger partial charge in [0.05, 0.1) is 71.7 Å². The van der Waals surface area contributed by atoms with Crippen LogP contribution in [0.3, 0.4) is 0 Å². The molecule has 7 aromatic heterocycles. The Hall–Kier alpha value is -11.8. The fourth-order valence-corrected chi connectivity index (χ4v) is 16.6. The number of fused-ring (bicyclic) bond motifs is 7. The van der Waals surface area contributed by atoms with Gasteiger partial charge in [0.1, 0.15) is 86.5 Å². The van der Waals surface area contributed by atoms with Crippen LogP contribution >= 0.6 is 0 Å². The minimum Gasteiger partial charge on any atom is -0.490 e. The van der Waals surface area contributed by atoms with Gasteiger partial charge in [-0.05, 0) is 289 Å². The third kappa shape index (κ3) is 23.5. The van der Waals surface area contributed by atoms with Crippen LogP contribution in [0.25, 0.3) is 76.3 Å². The van der Waals surface area contributed by atoms with Crippen molar-refractivity contribution < 1.29 is 58.7 Å². The van der Waals surface area contributed by atoms with E-state index in [0.29, 0.717) is 51.0 Å². The fraction of sp³-hybridized carbons (Fsp3) is 0.440. The van der Waals surface area contributed by atoms with Gasteiger partial charge in [-0.25, -0.2) is 0 Å². The van der Waals surface area contributed by atoms with E-state index in [2.05, 4.69) is 118 Å². The Bertz CT molecular complexity index is 6130. The van der Waals surface area contributed by atoms with Crippen molar-refractivity contribution in [3.8, 4) is 40.2 Å². The summed E-state index contributed by atoms with van der Waals surface area (Å²) in [6.45, 7) is 39.5. The maximum atomic E-state index is 9.32. The number of aryl methyl sites for hydroxylation is 12. The first kappa shape index (κ1) is 102. The molecule has 1 saturated heterocycles. The average molecular weight is 1790 g/mol. The largest absolute Gasteiger partial charge is 0.490 e. The van der Waals surface area contributed by atoms with Crippen molar-refractivity contribution in [1.82, 2.24) is 52.8 Å². The predicted octanol–water partition coefficient (Wildman–Crippen LogP) is 13.9. The number of H-pyrrole nitrogens is 3. The molecule has 30 nitrogen and oxygen atoms in total. The highest BCUT2D eigenvalue weighted by Gasteiger charge is 2.24. The molecule has 708 valence electrons. The molecule has 0 bridgehead atoms. The van der Waals surface area contributed by atoms with Gasteiger partial charge in [-0.15, -0.1) is 0 Å². The summed E-state index contributed by atoms with van der Waals surface area (Å²) >= 11 is 0. The normalized spacial score (nSPS) is 12.0. The summed E-state index contributed by atoms with van der Waals surface area (Å²) in [6.07, 6.45) is 2.64. The van der Waals surface area contributed by atoms with Crippen LogP contribution in [0.5, 0.6) is 40.2 Å². The van der Waals surface area contributed by atoms with E-state index in [1.165, 1.54) is 59.6 Å². The second kappa shape index (κ2) is 46.6. The lowest BCUT2D eigenvalue weighted by Crippen LogP contribution is -2.25. The van der Waals surface area contributed by atoms with E-state index in [1.807, 2.05) is 167 Å². The van der Waals surface area contributed by atoms with E-state index < -0.39 is 0 Å². The molecule has 0 radical (unpaired) electrons. The number of likely N-dealkylation sites (N-methyl/N-ethyl adjacent to an activating group) is 3. The van der Waals surface area contributed by atoms with Crippen LogP contribution < -0.4 is 73.3 Å². The minimum absolute atomic E-state index is 0.00451. The number of hydrogen-bond acceptors (Lipinski definition) is 23. The van der Waals surface area contributed by atoms with Crippen molar-refractivity contribution in [3.63, 3.8) is 0 Å². The SMILES string of the molecule is Cc1[nH]c2c(OCCN(C)C)ccc(N)c2c1C.Cc1[nH]c2c(OCCN3CCCC3)ccc(N)c2c1C.Cc1[nH]c2c(OCCO)ccc(N)c2c1C.Cc1c(C)n(C)c2c(OCCN(C)C)ccc(N)c12.Cc1c(C)n(C)c2c(OCCO)ccc(N)c12.Cc1c(C)n(CCO)c2c(OCCN(C)C)ccc(N)c12.Cc1c(C)n(CCO)c2c(OCCO)ccc(N)c12. The van der Waals surface area contributed by atoms with Crippen molar-refractivity contribution in [2.45, 2.75) is 123 Å². The summed E-state index contributed by atoms with van der Waals surface area (Å²) in [5.74, 6) is 5.69. The minimum atomic E-state index is -0.0372. The quantitative estimate of drug-likeness (QED) is 0.0194. The van der Waals surface area contributed by atoms with Gasteiger partial charge in [-0.1, -0.05) is 0 Å². The fourth-order valence-electron chi connectivity index (χ4n) is 16.6. The number of nitrogens with two attached hydrogens (primary N) is 7. The number of likely N-dealkylation sites (tertiary alicyclic amines) is 1. The number of benzene rings is 7. The van der Waals surface area contributed by atoms with Crippen molar-refractivity contribution >= 4 is 116 Å². The van der Waals surface area contributed by atoms with Crippen molar-refractivity contribution in [2.75, 3.05) is 201 Å². The number of ether oxygens (including phenoxy) is 7. The van der Waals surface area contributed by atoms with Crippen LogP contribution in [0, 0.1) is 96.9 Å². The molecule has 7 aromatic carbocycles. The smallest absolute Gasteiger partial charge is 0.143 e. The standard InChI is InChI=1S/C16H25N3O2.C16H23N3O.C15H23N3O.C14H21N3O.C14H20N2O3.C13H18N2O2.C12H16N2O2/c1-11-12(2)19(7-9-20)16-14(21-10-8-18(3)4)6-5-13(17)15(11)16;1-11-12(2)18-16-14(6-5-13(17)15(11)16)20-10-9-19-7-3-4-8-19;1-10-11(2)18(5)15-13(19-9-8-17(3)4)7-6-12(16)14(10)15;1-9-10(2)16-14-12(18-8-7-17(3)4)6-5-11(15)13(9)14;1-9-10(2)16(5-6-17)14-12(19-8-7-18)4-3-11(15)13(9)14;1-8-9(2)15(3)13-11(17-7-6-16)5-4-10(14)12(8)13;1-7-8(2)14-12-10(16-6-5-15)4-3-9(13)11(7)12/h5-6,20H,7-10,17H2,1-4H3;5-6,18H,3-4,7-10,17H2,1-2H3;6-7H,8-9,16H2,1-5H3;5-6,16H,7-8,15H2,1-4H3;3-4,17-18H,5-8,15H2,1-2H3;4-5,16H,6-7,14H2,1-3H3;3-4,14-15H,5-6,13H2,1-2H3. The van der Waals surface area contributed by atoms with Crippen LogP contribution in [0.4, 0.5) is 39.8 Å². The Morgan fingerprint density at radius 3 is 0.808 bits per heavy atom. The summed E-state index contributed by atoms with van der Waals surface area (Å²) in [7, 11) is 16.2. The number of aromatic amines is 3. The van der Waals surface area contributed by atoms with Gasteiger partial charge in [-0.3, -0.25) is 4.90 Å². The van der Waals surface area contributed by atoms with Crippen LogP contribution in [0.2, 0.25) is 0 Å². The lowest BCUT2D eigenvalue weighted by Gasteiger charge is -2.15. The monoisotopic (exact) mass is 1790 g/mol. The van der Waals surface area contributed by atoms with Crippen LogP contribution in [0.15, 0.2) is 84.9 Å². The van der Waals surface area contributed by atoms with Gasteiger partial charge in [0.25, 0.3) is 0 Å². The maximum absolute atomic E-state index is 9.32. The van der Waals surface area contributed by atoms with E-state index in [-0.39, 0.29) is 46.2 Å². The number of hydrogen-bond donors (Lipinski definition) is 15. The van der Waals surface area contributed by atoms with E-state index in [4.69, 9.17) is 88.6 Å². The van der Waals surface area contributed by atoms with Gasteiger partial charge in [-0.2, -0.15) is 0 Å². The summed E-state index contributed by atoms with van der Waals surface area (Å²) in [5, 5.41) is 52.3. The van der Waals surface area contributed by atoms with Crippen LogP contribution in [0.1, 0.15) is 91.6 Å². The topological polar surface area (TPSA) is 428 Å². The molecule has 15 rings (SSSR count). The number of aliphatic hydroxyl groups excluding tert-OH is 5. The first-order valence-electron chi connectivity index (χ1n) is 44.6. The zero-order chi connectivity index (χ0) is 95.4. The van der Waals surface area contributed by atoms with E-state index >= 15 is 0 Å². The molecule has 1 aliphatic rings. The van der Waals surface area contributed by atoms with Gasteiger partial charge in [0, 0.05) is 171 Å². The van der Waals surface area contributed by atoms with Gasteiger partial charge < -0.3 is 147 Å². The first-order valence-corrected chi connectivity index (χ1v) is 44.6. The molecule has 0 atom stereocenters. The highest BCUT2D eigenvalue weighted by Crippen LogP contribution is 2.43. The third-order valence-corrected chi connectivity index (χ3v) is 24.7. The van der Waals surface area contributed by atoms with Crippen LogP contribution in [-0.4, -0.2) is 239 Å². The zero-order valence-electron chi connectivity index (χ0n) is 80.9. The molecule has 14 aromatic rings. The predicted molar refractivity (Wildman–Crippen MR) is 537 cm³/mol. The van der Waals surface area contributed by atoms with Crippen molar-refractivity contribution in [1.29, 1.82) is 0 Å². The highest BCUT2D eigenvalue weighted by molar-refractivity contribution is 6.04. The number of nitrogens with zero attached hydrogens (tertiary/aromatic N) is 8. The first-order chi connectivity index (χ1) is 61.9. The number of nitrogen functional groups attached to an aromatic ring is 7. The Balaban J connectivity index is 0.000000171. The average Bonchev–Trinajstić information content (AvgIpc) is 1.62. The molecule has 22 N–H and O–H groups in total. The lowest BCUT2D eigenvalue weighted by molar-refractivity contribution is 0.202. The van der Waals surface area contributed by atoms with Crippen molar-refractivity contribution in [3.05, 3.63) is 164 Å². The van der Waals surface area contributed by atoms with Gasteiger partial charge in [0.15, 0.2) is 0 Å². The molecule has 1 aliphatic heterocycles. The molecular weight excluding hydrogens is 1650 g/mol. The van der Waals surface area contributed by atoms with E-state index in [9.17, 15) is 10.2 Å². The number of rotatable bonds is 29. The Kier molecular flexibility index (Phi) is 36.5. The number of aliphatic hydroxyl groups is 5. The molecular formula is C100H146N18O12. The molecule has 1 fully saturated rings. The number of anilines is 7. The maximum Gasteiger partial charge on any atom is 0.143 e. The summed E-state index contributed by atoms with van der Waals surface area (Å²) in [5.41, 5.74) is 70.8. The van der Waals surface area contributed by atoms with Crippen molar-refractivity contribution in [2.24, 2.45) is 14.1 Å². The second-order valence-corrected chi connectivity index (χ2v) is 34.1. The molecule has 0 unspecified atom stereocenters. The number of nitrogens with one attached hydrogen (secondary N) is 3. The number of aromatic nitrogens is 7. The third-order valence-electron chi connectivity index (χ3n) is 24.7. The lowest BCUT2D eigenvalue weighted by atomic mass is 10.1. The molecule has 0 aliphatic carbocycles. The van der Waals surface area contributed by atoms with E-state index in [1.54, 1.807) is 6.07 Å². The molecule has 30 heteroatoms. The van der Waals surface area contributed by atoms with Gasteiger partial charge in [0.2, 0.25) is 0 Å². The molecule has 8 heterocycles. The Morgan fingerprint density at radius 1 is 0.285 bits per heavy atom. The summed E-state index contributed by atoms with van der Waals surface area (Å²) < 4.78 is 48.6. The molecule has 0 amide bonds. The van der Waals surface area contributed by atoms with Gasteiger partial charge >= 0.3 is 0 Å². The molecule has 0 saturated carbocycles. The van der Waals surface area contributed by atoms with Crippen LogP contribution in [-0.2, 0) is 27.2 Å². The Labute approximate surface area is 765 Å².